The summed E-state index contributed by atoms with van der Waals surface area (Å²) in [5, 5.41) is 0. The highest BCUT2D eigenvalue weighted by molar-refractivity contribution is 9.10. The maximum atomic E-state index is 11.8. The smallest absolute Gasteiger partial charge is 0.267 e. The highest BCUT2D eigenvalue weighted by Crippen LogP contribution is 2.16. The Morgan fingerprint density at radius 3 is 2.71 bits per heavy atom. The summed E-state index contributed by atoms with van der Waals surface area (Å²) in [7, 11) is 0. The van der Waals surface area contributed by atoms with Crippen molar-refractivity contribution in [3.63, 3.8) is 0 Å². The van der Waals surface area contributed by atoms with Gasteiger partial charge < -0.3 is 0 Å². The molecular weight excluding hydrogens is 303 g/mol. The maximum absolute atomic E-state index is 11.8. The number of nitrogens with one attached hydrogen (secondary N) is 1. The summed E-state index contributed by atoms with van der Waals surface area (Å²) in [5.41, 5.74) is 2.64. The molecule has 17 heavy (non-hydrogen) atoms. The zero-order valence-electron chi connectivity index (χ0n) is 8.77. The molecular formula is C10H9BrF3NO2. The molecule has 0 bridgehead atoms. The van der Waals surface area contributed by atoms with Gasteiger partial charge in [0, 0.05) is 10.0 Å². The lowest BCUT2D eigenvalue weighted by molar-refractivity contribution is -0.184. The lowest BCUT2D eigenvalue weighted by Crippen LogP contribution is -2.29. The number of hydrogen-bond donors (Lipinski definition) is 1. The zero-order valence-corrected chi connectivity index (χ0v) is 10.4. The van der Waals surface area contributed by atoms with E-state index in [1.807, 2.05) is 0 Å². The van der Waals surface area contributed by atoms with Crippen LogP contribution in [-0.2, 0) is 4.84 Å². The molecule has 94 valence electrons. The first-order valence-corrected chi connectivity index (χ1v) is 5.34. The molecule has 0 saturated carbocycles. The molecule has 0 radical (unpaired) electrons. The predicted octanol–water partition coefficient (Wildman–Crippen LogP) is 2.98. The topological polar surface area (TPSA) is 38.3 Å². The number of amides is 1. The average Bonchev–Trinajstić information content (AvgIpc) is 2.19. The van der Waals surface area contributed by atoms with E-state index in [1.165, 1.54) is 6.07 Å². The Bertz CT molecular complexity index is 421. The Hall–Kier alpha value is -1.08. The molecule has 0 heterocycles. The van der Waals surface area contributed by atoms with Crippen LogP contribution in [0.2, 0.25) is 0 Å². The number of halogens is 4. The summed E-state index contributed by atoms with van der Waals surface area (Å²) < 4.78 is 36.0. The molecule has 0 unspecified atom stereocenters. The Kier molecular flexibility index (Phi) is 4.53. The lowest BCUT2D eigenvalue weighted by Gasteiger charge is -2.09. The standard InChI is InChI=1S/C10H9BrF3NO2/c1-6-2-3-7(11)4-8(6)9(16)15-17-5-10(12,13)14/h2-4H,5H2,1H3,(H,15,16). The Balaban J connectivity index is 2.61. The van der Waals surface area contributed by atoms with Crippen molar-refractivity contribution in [2.75, 3.05) is 6.61 Å². The molecule has 0 aliphatic carbocycles. The summed E-state index contributed by atoms with van der Waals surface area (Å²) >= 11 is 3.16. The third-order valence-electron chi connectivity index (χ3n) is 1.84. The van der Waals surface area contributed by atoms with Crippen LogP contribution >= 0.6 is 15.9 Å². The van der Waals surface area contributed by atoms with Crippen LogP contribution in [0.5, 0.6) is 0 Å². The van der Waals surface area contributed by atoms with Crippen molar-refractivity contribution in [2.45, 2.75) is 13.1 Å². The number of hydroxylamine groups is 1. The minimum absolute atomic E-state index is 0.251. The van der Waals surface area contributed by atoms with Gasteiger partial charge in [-0.3, -0.25) is 9.63 Å². The highest BCUT2D eigenvalue weighted by Gasteiger charge is 2.28. The molecule has 1 aromatic rings. The largest absolute Gasteiger partial charge is 0.414 e. The number of carbonyl (C=O) groups excluding carboxylic acids is 1. The lowest BCUT2D eigenvalue weighted by atomic mass is 10.1. The average molecular weight is 312 g/mol. The molecule has 3 nitrogen and oxygen atoms in total. The summed E-state index contributed by atoms with van der Waals surface area (Å²) in [6, 6.07) is 4.90. The van der Waals surface area contributed by atoms with E-state index in [9.17, 15) is 18.0 Å². The second-order valence-electron chi connectivity index (χ2n) is 3.29. The molecule has 1 N–H and O–H groups in total. The maximum Gasteiger partial charge on any atom is 0.414 e. The van der Waals surface area contributed by atoms with E-state index in [0.29, 0.717) is 10.0 Å². The Labute approximate surface area is 104 Å². The van der Waals surface area contributed by atoms with E-state index in [-0.39, 0.29) is 5.56 Å². The normalized spacial score (nSPS) is 11.4. The number of hydrogen-bond acceptors (Lipinski definition) is 2. The number of aryl methyl sites for hydroxylation is 1. The van der Waals surface area contributed by atoms with Gasteiger partial charge in [0.15, 0.2) is 6.61 Å². The van der Waals surface area contributed by atoms with E-state index < -0.39 is 18.7 Å². The van der Waals surface area contributed by atoms with Gasteiger partial charge in [-0.1, -0.05) is 22.0 Å². The highest BCUT2D eigenvalue weighted by atomic mass is 79.9. The van der Waals surface area contributed by atoms with Gasteiger partial charge in [0.05, 0.1) is 0 Å². The van der Waals surface area contributed by atoms with Crippen molar-refractivity contribution in [3.05, 3.63) is 33.8 Å². The van der Waals surface area contributed by atoms with E-state index in [2.05, 4.69) is 20.8 Å². The molecule has 0 aliphatic rings. The van der Waals surface area contributed by atoms with Crippen molar-refractivity contribution in [3.8, 4) is 0 Å². The van der Waals surface area contributed by atoms with Crippen LogP contribution in [0.15, 0.2) is 22.7 Å². The molecule has 0 atom stereocenters. The van der Waals surface area contributed by atoms with Crippen LogP contribution in [0, 0.1) is 6.92 Å². The fourth-order valence-corrected chi connectivity index (χ4v) is 1.44. The van der Waals surface area contributed by atoms with Crippen molar-refractivity contribution in [2.24, 2.45) is 0 Å². The third-order valence-corrected chi connectivity index (χ3v) is 2.34. The minimum Gasteiger partial charge on any atom is -0.267 e. The van der Waals surface area contributed by atoms with Gasteiger partial charge in [-0.25, -0.2) is 5.48 Å². The first kappa shape index (κ1) is 14.0. The molecule has 0 saturated heterocycles. The summed E-state index contributed by atoms with van der Waals surface area (Å²) in [6.45, 7) is 0.150. The van der Waals surface area contributed by atoms with Gasteiger partial charge in [-0.2, -0.15) is 13.2 Å². The molecule has 0 fully saturated rings. The SMILES string of the molecule is Cc1ccc(Br)cc1C(=O)NOCC(F)(F)F. The Morgan fingerprint density at radius 1 is 1.47 bits per heavy atom. The second-order valence-corrected chi connectivity index (χ2v) is 4.21. The van der Waals surface area contributed by atoms with E-state index in [4.69, 9.17) is 0 Å². The molecule has 0 aromatic heterocycles. The molecule has 1 amide bonds. The summed E-state index contributed by atoms with van der Waals surface area (Å²) in [5.74, 6) is -0.715. The van der Waals surface area contributed by atoms with E-state index >= 15 is 0 Å². The summed E-state index contributed by atoms with van der Waals surface area (Å²) in [4.78, 5) is 15.5. The van der Waals surface area contributed by atoms with Gasteiger partial charge in [0.1, 0.15) is 0 Å². The molecule has 0 aliphatic heterocycles. The van der Waals surface area contributed by atoms with Crippen LogP contribution in [0.1, 0.15) is 15.9 Å². The van der Waals surface area contributed by atoms with Gasteiger partial charge >= 0.3 is 6.18 Å². The zero-order chi connectivity index (χ0) is 13.1. The van der Waals surface area contributed by atoms with E-state index in [0.717, 1.165) is 0 Å². The van der Waals surface area contributed by atoms with Crippen molar-refractivity contribution in [1.29, 1.82) is 0 Å². The van der Waals surface area contributed by atoms with Crippen LogP contribution in [0.25, 0.3) is 0 Å². The third kappa shape index (κ3) is 4.74. The number of alkyl halides is 3. The number of benzene rings is 1. The Morgan fingerprint density at radius 2 is 2.12 bits per heavy atom. The first-order valence-electron chi connectivity index (χ1n) is 4.54. The fourth-order valence-electron chi connectivity index (χ4n) is 1.08. The first-order chi connectivity index (χ1) is 7.79. The van der Waals surface area contributed by atoms with Gasteiger partial charge in [0.25, 0.3) is 5.91 Å². The minimum atomic E-state index is -4.47. The second kappa shape index (κ2) is 5.50. The van der Waals surface area contributed by atoms with Crippen LogP contribution in [-0.4, -0.2) is 18.7 Å². The molecule has 0 spiro atoms. The quantitative estimate of drug-likeness (QED) is 0.872. The van der Waals surface area contributed by atoms with Crippen LogP contribution in [0.3, 0.4) is 0 Å². The van der Waals surface area contributed by atoms with Crippen molar-refractivity contribution >= 4 is 21.8 Å². The van der Waals surface area contributed by atoms with Gasteiger partial charge in [0.2, 0.25) is 0 Å². The fraction of sp³-hybridized carbons (Fsp3) is 0.300. The molecule has 1 rings (SSSR count). The van der Waals surface area contributed by atoms with Crippen LogP contribution in [0.4, 0.5) is 13.2 Å². The van der Waals surface area contributed by atoms with Gasteiger partial charge in [-0.15, -0.1) is 0 Å². The molecule has 1 aromatic carbocycles. The number of carbonyl (C=O) groups is 1. The van der Waals surface area contributed by atoms with Crippen molar-refractivity contribution in [1.82, 2.24) is 5.48 Å². The molecule has 7 heteroatoms. The number of rotatable bonds is 3. The van der Waals surface area contributed by atoms with E-state index in [1.54, 1.807) is 24.5 Å². The van der Waals surface area contributed by atoms with Gasteiger partial charge in [-0.05, 0) is 24.6 Å². The van der Waals surface area contributed by atoms with Crippen molar-refractivity contribution < 1.29 is 22.8 Å². The van der Waals surface area contributed by atoms with Crippen LogP contribution < -0.4 is 5.48 Å². The summed E-state index contributed by atoms with van der Waals surface area (Å²) in [6.07, 6.45) is -4.47. The monoisotopic (exact) mass is 311 g/mol. The predicted molar refractivity (Wildman–Crippen MR) is 58.4 cm³/mol.